The monoisotopic (exact) mass is 468 g/mol. The Morgan fingerprint density at radius 1 is 0.647 bits per heavy atom. The number of benzene rings is 1. The lowest BCUT2D eigenvalue weighted by atomic mass is 9.79. The van der Waals surface area contributed by atoms with Crippen LogP contribution in [0.4, 0.5) is 0 Å². The van der Waals surface area contributed by atoms with E-state index in [2.05, 4.69) is 50.3 Å². The molecule has 0 spiro atoms. The summed E-state index contributed by atoms with van der Waals surface area (Å²) in [6.07, 6.45) is 26.9. The van der Waals surface area contributed by atoms with Crippen molar-refractivity contribution in [3.05, 3.63) is 36.4 Å². The Morgan fingerprint density at radius 3 is 1.71 bits per heavy atom. The summed E-state index contributed by atoms with van der Waals surface area (Å²) in [4.78, 5) is 0. The summed E-state index contributed by atoms with van der Waals surface area (Å²) < 4.78 is 12.1. The van der Waals surface area contributed by atoms with Crippen molar-refractivity contribution in [2.24, 2.45) is 23.7 Å². The molecular formula is C32H52O2. The van der Waals surface area contributed by atoms with Gasteiger partial charge in [0, 0.05) is 0 Å². The Bertz CT molecular complexity index is 648. The minimum Gasteiger partial charge on any atom is -0.493 e. The molecule has 0 aliphatic heterocycles. The largest absolute Gasteiger partial charge is 0.493 e. The third kappa shape index (κ3) is 10.4. The Kier molecular flexibility index (Phi) is 13.0. The molecule has 192 valence electrons. The van der Waals surface area contributed by atoms with Crippen LogP contribution in [0.3, 0.4) is 0 Å². The first-order valence-electron chi connectivity index (χ1n) is 14.8. The first-order chi connectivity index (χ1) is 16.8. The van der Waals surface area contributed by atoms with Crippen molar-refractivity contribution in [2.45, 2.75) is 117 Å². The standard InChI is InChI=1S/C32H52O2/c1-3-5-7-10-27-13-15-29(16-14-27)12-9-25-33-31-21-23-32(24-22-31)34-26-30-19-17-28(18-20-30)11-8-6-4-2/h9,12,21-24,27-30H,3-8,10-11,13-20,25-26H2,1-2H3/b12-9+. The molecule has 2 aliphatic rings. The van der Waals surface area contributed by atoms with E-state index in [9.17, 15) is 0 Å². The second-order valence-corrected chi connectivity index (χ2v) is 11.2. The van der Waals surface area contributed by atoms with Gasteiger partial charge in [0.05, 0.1) is 6.61 Å². The van der Waals surface area contributed by atoms with Gasteiger partial charge in [-0.25, -0.2) is 0 Å². The van der Waals surface area contributed by atoms with Crippen molar-refractivity contribution in [2.75, 3.05) is 13.2 Å². The van der Waals surface area contributed by atoms with E-state index in [4.69, 9.17) is 9.47 Å². The van der Waals surface area contributed by atoms with Gasteiger partial charge in [0.25, 0.3) is 0 Å². The zero-order chi connectivity index (χ0) is 23.8. The zero-order valence-corrected chi connectivity index (χ0v) is 22.3. The summed E-state index contributed by atoms with van der Waals surface area (Å²) in [5, 5.41) is 0. The molecule has 0 bridgehead atoms. The summed E-state index contributed by atoms with van der Waals surface area (Å²) in [5.74, 6) is 5.36. The van der Waals surface area contributed by atoms with Crippen LogP contribution in [0.1, 0.15) is 117 Å². The Morgan fingerprint density at radius 2 is 1.15 bits per heavy atom. The molecule has 0 radical (unpaired) electrons. The molecule has 0 atom stereocenters. The number of ether oxygens (including phenoxy) is 2. The number of hydrogen-bond acceptors (Lipinski definition) is 2. The number of unbranched alkanes of at least 4 members (excludes halogenated alkanes) is 4. The van der Waals surface area contributed by atoms with E-state index in [0.717, 1.165) is 41.8 Å². The summed E-state index contributed by atoms with van der Waals surface area (Å²) >= 11 is 0. The fourth-order valence-electron chi connectivity index (χ4n) is 5.96. The third-order valence-electron chi connectivity index (χ3n) is 8.35. The van der Waals surface area contributed by atoms with Gasteiger partial charge >= 0.3 is 0 Å². The van der Waals surface area contributed by atoms with E-state index in [-0.39, 0.29) is 0 Å². The third-order valence-corrected chi connectivity index (χ3v) is 8.35. The molecule has 0 heterocycles. The highest BCUT2D eigenvalue weighted by molar-refractivity contribution is 5.31. The van der Waals surface area contributed by atoms with Crippen molar-refractivity contribution in [1.29, 1.82) is 0 Å². The Hall–Kier alpha value is -1.44. The average Bonchev–Trinajstić information content (AvgIpc) is 2.88. The highest BCUT2D eigenvalue weighted by atomic mass is 16.5. The van der Waals surface area contributed by atoms with E-state index >= 15 is 0 Å². The molecular weight excluding hydrogens is 416 g/mol. The predicted molar refractivity (Wildman–Crippen MR) is 146 cm³/mol. The average molecular weight is 469 g/mol. The highest BCUT2D eigenvalue weighted by Crippen LogP contribution is 2.33. The van der Waals surface area contributed by atoms with Crippen molar-refractivity contribution in [3.63, 3.8) is 0 Å². The van der Waals surface area contributed by atoms with Crippen LogP contribution in [-0.2, 0) is 0 Å². The second-order valence-electron chi connectivity index (χ2n) is 11.2. The van der Waals surface area contributed by atoms with Gasteiger partial charge in [-0.05, 0) is 86.5 Å². The fourth-order valence-corrected chi connectivity index (χ4v) is 5.96. The predicted octanol–water partition coefficient (Wildman–Crippen LogP) is 9.77. The van der Waals surface area contributed by atoms with Gasteiger partial charge < -0.3 is 9.47 Å². The van der Waals surface area contributed by atoms with Crippen molar-refractivity contribution >= 4 is 0 Å². The molecule has 2 heteroatoms. The van der Waals surface area contributed by atoms with Gasteiger partial charge in [-0.3, -0.25) is 0 Å². The highest BCUT2D eigenvalue weighted by Gasteiger charge is 2.21. The van der Waals surface area contributed by atoms with Crippen LogP contribution in [0.2, 0.25) is 0 Å². The van der Waals surface area contributed by atoms with Crippen LogP contribution in [0.25, 0.3) is 0 Å². The van der Waals surface area contributed by atoms with Crippen molar-refractivity contribution < 1.29 is 9.47 Å². The molecule has 1 aromatic rings. The molecule has 2 fully saturated rings. The molecule has 3 rings (SSSR count). The summed E-state index contributed by atoms with van der Waals surface area (Å²) in [6.45, 7) is 6.13. The molecule has 34 heavy (non-hydrogen) atoms. The van der Waals surface area contributed by atoms with Crippen LogP contribution in [0.15, 0.2) is 36.4 Å². The van der Waals surface area contributed by atoms with Gasteiger partial charge in [-0.15, -0.1) is 0 Å². The zero-order valence-electron chi connectivity index (χ0n) is 22.3. The minimum absolute atomic E-state index is 0.665. The molecule has 1 aromatic carbocycles. The van der Waals surface area contributed by atoms with Gasteiger partial charge in [0.2, 0.25) is 0 Å². The number of allylic oxidation sites excluding steroid dienone is 1. The number of hydrogen-bond donors (Lipinski definition) is 0. The topological polar surface area (TPSA) is 18.5 Å². The molecule has 0 amide bonds. The number of rotatable bonds is 15. The van der Waals surface area contributed by atoms with Gasteiger partial charge in [-0.1, -0.05) is 90.2 Å². The maximum absolute atomic E-state index is 6.11. The first-order valence-corrected chi connectivity index (χ1v) is 14.8. The van der Waals surface area contributed by atoms with Gasteiger partial charge in [-0.2, -0.15) is 0 Å². The normalized spacial score (nSPS) is 25.5. The van der Waals surface area contributed by atoms with Crippen LogP contribution in [0, 0.1) is 23.7 Å². The van der Waals surface area contributed by atoms with Gasteiger partial charge in [0.1, 0.15) is 18.1 Å². The quantitative estimate of drug-likeness (QED) is 0.188. The van der Waals surface area contributed by atoms with E-state index in [1.807, 2.05) is 0 Å². The first kappa shape index (κ1) is 27.2. The molecule has 0 saturated heterocycles. The maximum atomic E-state index is 6.11. The SMILES string of the molecule is CCCCCC1CCC(/C=C/COc2ccc(OCC3CCC(CCCCC)CC3)cc2)CC1. The van der Waals surface area contributed by atoms with E-state index in [1.165, 1.54) is 103 Å². The lowest BCUT2D eigenvalue weighted by Gasteiger charge is -2.28. The smallest absolute Gasteiger partial charge is 0.120 e. The molecule has 2 saturated carbocycles. The fraction of sp³-hybridized carbons (Fsp3) is 0.750. The lowest BCUT2D eigenvalue weighted by molar-refractivity contribution is 0.177. The molecule has 2 aliphatic carbocycles. The van der Waals surface area contributed by atoms with Crippen LogP contribution >= 0.6 is 0 Å². The van der Waals surface area contributed by atoms with Crippen LogP contribution in [-0.4, -0.2) is 13.2 Å². The maximum Gasteiger partial charge on any atom is 0.120 e. The summed E-state index contributed by atoms with van der Waals surface area (Å²) in [5.41, 5.74) is 0. The molecule has 2 nitrogen and oxygen atoms in total. The van der Waals surface area contributed by atoms with Gasteiger partial charge in [0.15, 0.2) is 0 Å². The van der Waals surface area contributed by atoms with E-state index in [0.29, 0.717) is 6.61 Å². The molecule has 0 N–H and O–H groups in total. The Labute approximate surface area is 210 Å². The molecule has 0 unspecified atom stereocenters. The lowest BCUT2D eigenvalue weighted by Crippen LogP contribution is -2.20. The van der Waals surface area contributed by atoms with Crippen molar-refractivity contribution in [3.8, 4) is 11.5 Å². The van der Waals surface area contributed by atoms with Crippen LogP contribution < -0.4 is 9.47 Å². The second kappa shape index (κ2) is 16.3. The minimum atomic E-state index is 0.665. The van der Waals surface area contributed by atoms with Crippen LogP contribution in [0.5, 0.6) is 11.5 Å². The van der Waals surface area contributed by atoms with E-state index < -0.39 is 0 Å². The van der Waals surface area contributed by atoms with Crippen molar-refractivity contribution in [1.82, 2.24) is 0 Å². The Balaban J connectivity index is 1.25. The summed E-state index contributed by atoms with van der Waals surface area (Å²) in [6, 6.07) is 8.23. The molecule has 0 aromatic heterocycles. The van der Waals surface area contributed by atoms with E-state index in [1.54, 1.807) is 0 Å². The summed E-state index contributed by atoms with van der Waals surface area (Å²) in [7, 11) is 0.